The molecule has 0 aliphatic carbocycles. The Morgan fingerprint density at radius 2 is 2.07 bits per heavy atom. The highest BCUT2D eigenvalue weighted by molar-refractivity contribution is 14.0. The van der Waals surface area contributed by atoms with Crippen LogP contribution >= 0.6 is 24.0 Å². The van der Waals surface area contributed by atoms with Crippen molar-refractivity contribution in [3.63, 3.8) is 0 Å². The van der Waals surface area contributed by atoms with Crippen molar-refractivity contribution in [3.05, 3.63) is 36.1 Å². The number of para-hydroxylation sites is 1. The van der Waals surface area contributed by atoms with E-state index >= 15 is 0 Å². The smallest absolute Gasteiger partial charge is 0.325 e. The van der Waals surface area contributed by atoms with Crippen LogP contribution in [-0.2, 0) is 11.3 Å². The Kier molecular flexibility index (Phi) is 8.10. The molecule has 3 rings (SSSR count). The topological polar surface area (TPSA) is 90.2 Å². The molecule has 1 unspecified atom stereocenters. The van der Waals surface area contributed by atoms with Crippen molar-refractivity contribution in [2.45, 2.75) is 38.8 Å². The second-order valence-electron chi connectivity index (χ2n) is 7.51. The highest BCUT2D eigenvalue weighted by Gasteiger charge is 2.45. The van der Waals surface area contributed by atoms with Crippen molar-refractivity contribution in [1.29, 1.82) is 0 Å². The zero-order valence-corrected chi connectivity index (χ0v) is 20.2. The fourth-order valence-electron chi connectivity index (χ4n) is 3.44. The number of imide groups is 1. The fourth-order valence-corrected chi connectivity index (χ4v) is 3.44. The van der Waals surface area contributed by atoms with Crippen LogP contribution in [-0.4, -0.2) is 60.4 Å². The number of furan rings is 1. The van der Waals surface area contributed by atoms with Crippen LogP contribution in [0.25, 0.3) is 11.0 Å². The highest BCUT2D eigenvalue weighted by atomic mass is 127. The number of halogens is 1. The van der Waals surface area contributed by atoms with Gasteiger partial charge in [-0.1, -0.05) is 25.1 Å². The van der Waals surface area contributed by atoms with E-state index < -0.39 is 5.54 Å². The van der Waals surface area contributed by atoms with Crippen molar-refractivity contribution < 1.29 is 14.0 Å². The maximum Gasteiger partial charge on any atom is 0.325 e. The van der Waals surface area contributed by atoms with Crippen molar-refractivity contribution in [3.8, 4) is 0 Å². The zero-order chi connectivity index (χ0) is 21.0. The Bertz CT molecular complexity index is 895. The van der Waals surface area contributed by atoms with E-state index in [1.165, 1.54) is 4.90 Å². The van der Waals surface area contributed by atoms with Crippen LogP contribution in [0.5, 0.6) is 0 Å². The van der Waals surface area contributed by atoms with Gasteiger partial charge in [-0.15, -0.1) is 24.0 Å². The minimum atomic E-state index is -0.784. The average Bonchev–Trinajstić information content (AvgIpc) is 3.20. The van der Waals surface area contributed by atoms with Crippen molar-refractivity contribution in [2.24, 2.45) is 4.99 Å². The van der Waals surface area contributed by atoms with Crippen LogP contribution in [0.15, 0.2) is 39.7 Å². The molecule has 1 aromatic carbocycles. The second-order valence-corrected chi connectivity index (χ2v) is 7.51. The molecule has 0 saturated carbocycles. The summed E-state index contributed by atoms with van der Waals surface area (Å²) < 4.78 is 5.87. The van der Waals surface area contributed by atoms with Gasteiger partial charge in [-0.2, -0.15) is 0 Å². The molecule has 164 valence electrons. The van der Waals surface area contributed by atoms with E-state index in [-0.39, 0.29) is 35.9 Å². The molecular weight excluding hydrogens is 497 g/mol. The van der Waals surface area contributed by atoms with Crippen LogP contribution in [0.4, 0.5) is 4.79 Å². The summed E-state index contributed by atoms with van der Waals surface area (Å²) in [6.07, 6.45) is 1.21. The van der Waals surface area contributed by atoms with Crippen LogP contribution in [0.3, 0.4) is 0 Å². The van der Waals surface area contributed by atoms with Gasteiger partial charge in [0, 0.05) is 32.6 Å². The number of benzene rings is 1. The number of amides is 3. The Hall–Kier alpha value is -2.30. The Morgan fingerprint density at radius 3 is 2.70 bits per heavy atom. The number of carbonyl (C=O) groups is 2. The number of fused-ring (bicyclic) bond motifs is 1. The van der Waals surface area contributed by atoms with Crippen molar-refractivity contribution >= 4 is 52.8 Å². The summed E-state index contributed by atoms with van der Waals surface area (Å²) in [5.74, 6) is 1.42. The molecule has 1 atom stereocenters. The van der Waals surface area contributed by atoms with Gasteiger partial charge in [-0.3, -0.25) is 14.7 Å². The molecule has 2 N–H and O–H groups in total. The molecule has 0 spiro atoms. The summed E-state index contributed by atoms with van der Waals surface area (Å²) in [5.41, 5.74) is 0.0827. The van der Waals surface area contributed by atoms with Crippen LogP contribution in [0.1, 0.15) is 32.4 Å². The van der Waals surface area contributed by atoms with Crippen molar-refractivity contribution in [2.75, 3.05) is 27.2 Å². The summed E-state index contributed by atoms with van der Waals surface area (Å²) in [7, 11) is 3.66. The van der Waals surface area contributed by atoms with Crippen molar-refractivity contribution in [1.82, 2.24) is 20.4 Å². The largest absolute Gasteiger partial charge is 0.459 e. The van der Waals surface area contributed by atoms with Gasteiger partial charge in [0.25, 0.3) is 5.91 Å². The third-order valence-electron chi connectivity index (χ3n) is 5.34. The summed E-state index contributed by atoms with van der Waals surface area (Å²) in [5, 5.41) is 7.12. The number of aliphatic imine (C=N–C) groups is 1. The van der Waals surface area contributed by atoms with E-state index in [1.807, 2.05) is 49.2 Å². The van der Waals surface area contributed by atoms with Crippen LogP contribution in [0, 0.1) is 0 Å². The molecule has 2 heterocycles. The van der Waals surface area contributed by atoms with Gasteiger partial charge in [-0.05, 0) is 31.9 Å². The predicted octanol–water partition coefficient (Wildman–Crippen LogP) is 3.17. The number of hydrogen-bond acceptors (Lipinski definition) is 4. The SMILES string of the molecule is CCC1(C)NC(=O)N(CCCNC(=NC)N(C)Cc2cc3ccccc3o2)C1=O.I. The molecule has 3 amide bonds. The molecule has 30 heavy (non-hydrogen) atoms. The summed E-state index contributed by atoms with van der Waals surface area (Å²) in [4.78, 5) is 32.1. The number of carbonyl (C=O) groups excluding carboxylic acids is 2. The van der Waals surface area contributed by atoms with E-state index in [0.717, 1.165) is 22.7 Å². The number of rotatable bonds is 7. The third kappa shape index (κ3) is 5.05. The highest BCUT2D eigenvalue weighted by Crippen LogP contribution is 2.21. The Morgan fingerprint density at radius 1 is 1.33 bits per heavy atom. The van der Waals surface area contributed by atoms with Gasteiger partial charge in [0.15, 0.2) is 5.96 Å². The normalized spacial score (nSPS) is 19.1. The second kappa shape index (κ2) is 10.1. The first-order valence-electron chi connectivity index (χ1n) is 9.91. The first-order chi connectivity index (χ1) is 13.9. The van der Waals surface area contributed by atoms with Gasteiger partial charge in [0.2, 0.25) is 0 Å². The maximum atomic E-state index is 12.4. The number of nitrogens with one attached hydrogen (secondary N) is 2. The third-order valence-corrected chi connectivity index (χ3v) is 5.34. The first-order valence-corrected chi connectivity index (χ1v) is 9.91. The monoisotopic (exact) mass is 527 g/mol. The molecule has 1 aromatic heterocycles. The number of hydrogen-bond donors (Lipinski definition) is 2. The number of urea groups is 1. The first kappa shape index (κ1) is 24.0. The standard InChI is InChI=1S/C21H29N5O3.HI/c1-5-21(2)18(27)26(20(28)24-21)12-8-11-23-19(22-3)25(4)14-16-13-15-9-6-7-10-17(15)29-16;/h6-7,9-10,13H,5,8,11-12,14H2,1-4H3,(H,22,23)(H,24,28);1H. The fraction of sp³-hybridized carbons (Fsp3) is 0.476. The lowest BCUT2D eigenvalue weighted by molar-refractivity contribution is -0.130. The van der Waals surface area contributed by atoms with Crippen LogP contribution < -0.4 is 10.6 Å². The summed E-state index contributed by atoms with van der Waals surface area (Å²) >= 11 is 0. The number of nitrogens with zero attached hydrogens (tertiary/aromatic N) is 3. The molecule has 9 heteroatoms. The zero-order valence-electron chi connectivity index (χ0n) is 17.9. The van der Waals surface area contributed by atoms with E-state index in [1.54, 1.807) is 14.0 Å². The quantitative estimate of drug-likeness (QED) is 0.190. The number of guanidine groups is 1. The minimum absolute atomic E-state index is 0. The van der Waals surface area contributed by atoms with E-state index in [2.05, 4.69) is 15.6 Å². The lowest BCUT2D eigenvalue weighted by Gasteiger charge is -2.22. The van der Waals surface area contributed by atoms with Gasteiger partial charge >= 0.3 is 6.03 Å². The minimum Gasteiger partial charge on any atom is -0.459 e. The van der Waals surface area contributed by atoms with Gasteiger partial charge in [0.1, 0.15) is 16.9 Å². The molecule has 1 aliphatic heterocycles. The maximum absolute atomic E-state index is 12.4. The lowest BCUT2D eigenvalue weighted by Crippen LogP contribution is -2.43. The van der Waals surface area contributed by atoms with E-state index in [0.29, 0.717) is 32.5 Å². The van der Waals surface area contributed by atoms with Gasteiger partial charge < -0.3 is 20.0 Å². The lowest BCUT2D eigenvalue weighted by atomic mass is 9.99. The molecule has 0 radical (unpaired) electrons. The summed E-state index contributed by atoms with van der Waals surface area (Å²) in [6, 6.07) is 9.63. The van der Waals surface area contributed by atoms with Gasteiger partial charge in [0.05, 0.1) is 6.54 Å². The summed E-state index contributed by atoms with van der Waals surface area (Å²) in [6.45, 7) is 5.20. The predicted molar refractivity (Wildman–Crippen MR) is 128 cm³/mol. The average molecular weight is 527 g/mol. The Labute approximate surface area is 194 Å². The molecule has 8 nitrogen and oxygen atoms in total. The molecule has 1 saturated heterocycles. The van der Waals surface area contributed by atoms with E-state index in [4.69, 9.17) is 4.42 Å². The molecular formula is C21H30IN5O3. The van der Waals surface area contributed by atoms with Gasteiger partial charge in [-0.25, -0.2) is 4.79 Å². The Balaban J connectivity index is 0.00000320. The van der Waals surface area contributed by atoms with Crippen LogP contribution in [0.2, 0.25) is 0 Å². The molecule has 1 fully saturated rings. The molecule has 2 aromatic rings. The van der Waals surface area contributed by atoms with E-state index in [9.17, 15) is 9.59 Å². The molecule has 1 aliphatic rings. The molecule has 0 bridgehead atoms.